The van der Waals surface area contributed by atoms with Gasteiger partial charge in [0.25, 0.3) is 0 Å². The first-order valence-electron chi connectivity index (χ1n) is 5.00. The van der Waals surface area contributed by atoms with E-state index in [1.165, 1.54) is 4.57 Å². The summed E-state index contributed by atoms with van der Waals surface area (Å²) in [6.07, 6.45) is 2.30. The Morgan fingerprint density at radius 3 is 2.87 bits per heavy atom. The Morgan fingerprint density at radius 2 is 2.27 bits per heavy atom. The number of aryl methyl sites for hydroxylation is 1. The molecule has 15 heavy (non-hydrogen) atoms. The van der Waals surface area contributed by atoms with Crippen molar-refractivity contribution in [1.82, 2.24) is 14.5 Å². The molecule has 0 N–H and O–H groups in total. The number of oxazole rings is 1. The molecule has 2 aromatic heterocycles. The highest BCUT2D eigenvalue weighted by molar-refractivity contribution is 5.66. The van der Waals surface area contributed by atoms with Crippen LogP contribution >= 0.6 is 0 Å². The third-order valence-electron chi connectivity index (χ3n) is 2.24. The van der Waals surface area contributed by atoms with Gasteiger partial charge in [-0.25, -0.2) is 14.8 Å². The van der Waals surface area contributed by atoms with E-state index in [0.717, 1.165) is 12.2 Å². The van der Waals surface area contributed by atoms with E-state index in [2.05, 4.69) is 9.97 Å². The minimum Gasteiger partial charge on any atom is -0.404 e. The van der Waals surface area contributed by atoms with Crippen molar-refractivity contribution in [2.24, 2.45) is 0 Å². The van der Waals surface area contributed by atoms with Crippen LogP contribution in [0.1, 0.15) is 32.6 Å². The smallest absolute Gasteiger partial charge is 0.404 e. The Bertz CT molecular complexity index is 539. The van der Waals surface area contributed by atoms with Crippen LogP contribution in [0.3, 0.4) is 0 Å². The van der Waals surface area contributed by atoms with Crippen molar-refractivity contribution in [2.45, 2.75) is 33.2 Å². The van der Waals surface area contributed by atoms with Crippen LogP contribution in [0.2, 0.25) is 0 Å². The first-order valence-corrected chi connectivity index (χ1v) is 5.00. The second-order valence-corrected chi connectivity index (χ2v) is 3.66. The minimum atomic E-state index is -0.373. The summed E-state index contributed by atoms with van der Waals surface area (Å²) in [6.45, 7) is 5.81. The number of nitrogens with zero attached hydrogens (tertiary/aromatic N) is 3. The quantitative estimate of drug-likeness (QED) is 0.749. The zero-order chi connectivity index (χ0) is 11.0. The molecule has 2 rings (SSSR count). The lowest BCUT2D eigenvalue weighted by atomic mass is 10.4. The molecule has 5 nitrogen and oxygen atoms in total. The largest absolute Gasteiger partial charge is 0.421 e. The molecule has 0 aliphatic rings. The average Bonchev–Trinajstić information content (AvgIpc) is 2.52. The van der Waals surface area contributed by atoms with Gasteiger partial charge in [-0.15, -0.1) is 0 Å². The first kappa shape index (κ1) is 9.89. The number of aromatic nitrogens is 3. The predicted octanol–water partition coefficient (Wildman–Crippen LogP) is 1.53. The second kappa shape index (κ2) is 3.49. The molecule has 2 heterocycles. The molecule has 80 valence electrons. The van der Waals surface area contributed by atoms with Crippen molar-refractivity contribution in [3.63, 3.8) is 0 Å². The molecule has 0 aromatic carbocycles. The minimum absolute atomic E-state index is 0.0401. The van der Waals surface area contributed by atoms with Crippen molar-refractivity contribution in [3.05, 3.63) is 22.6 Å². The highest BCUT2D eigenvalue weighted by Gasteiger charge is 2.13. The number of hydrogen-bond donors (Lipinski definition) is 0. The van der Waals surface area contributed by atoms with Crippen LogP contribution in [-0.4, -0.2) is 14.5 Å². The molecule has 0 spiro atoms. The van der Waals surface area contributed by atoms with E-state index >= 15 is 0 Å². The molecule has 0 radical (unpaired) electrons. The summed E-state index contributed by atoms with van der Waals surface area (Å²) >= 11 is 0. The van der Waals surface area contributed by atoms with Crippen LogP contribution < -0.4 is 5.76 Å². The van der Waals surface area contributed by atoms with Crippen molar-refractivity contribution in [1.29, 1.82) is 0 Å². The summed E-state index contributed by atoms with van der Waals surface area (Å²) in [5.41, 5.74) is 1.03. The van der Waals surface area contributed by atoms with E-state index in [1.54, 1.807) is 6.20 Å². The second-order valence-electron chi connectivity index (χ2n) is 3.66. The summed E-state index contributed by atoms with van der Waals surface area (Å²) in [5.74, 6) is 0.347. The van der Waals surface area contributed by atoms with Crippen LogP contribution in [0, 0.1) is 0 Å². The van der Waals surface area contributed by atoms with Crippen molar-refractivity contribution in [3.8, 4) is 0 Å². The maximum absolute atomic E-state index is 11.5. The van der Waals surface area contributed by atoms with Gasteiger partial charge in [-0.05, 0) is 13.8 Å². The van der Waals surface area contributed by atoms with Gasteiger partial charge >= 0.3 is 5.76 Å². The maximum atomic E-state index is 11.5. The Hall–Kier alpha value is -1.65. The van der Waals surface area contributed by atoms with Crippen molar-refractivity contribution >= 4 is 11.2 Å². The summed E-state index contributed by atoms with van der Waals surface area (Å²) in [7, 11) is 0. The normalized spacial score (nSPS) is 11.5. The van der Waals surface area contributed by atoms with Gasteiger partial charge in [0.2, 0.25) is 0 Å². The molecule has 0 fully saturated rings. The Labute approximate surface area is 86.8 Å². The van der Waals surface area contributed by atoms with Crippen LogP contribution in [-0.2, 0) is 6.42 Å². The highest BCUT2D eigenvalue weighted by Crippen LogP contribution is 2.13. The van der Waals surface area contributed by atoms with E-state index in [-0.39, 0.29) is 11.8 Å². The van der Waals surface area contributed by atoms with Crippen LogP contribution in [0.4, 0.5) is 0 Å². The lowest BCUT2D eigenvalue weighted by Gasteiger charge is -2.04. The Balaban J connectivity index is 2.78. The first-order chi connectivity index (χ1) is 7.13. The molecule has 0 aliphatic heterocycles. The van der Waals surface area contributed by atoms with Gasteiger partial charge in [-0.3, -0.25) is 4.57 Å². The van der Waals surface area contributed by atoms with Gasteiger partial charge in [0.15, 0.2) is 11.2 Å². The number of hydrogen-bond acceptors (Lipinski definition) is 4. The molecule has 5 heteroatoms. The summed E-state index contributed by atoms with van der Waals surface area (Å²) in [5, 5.41) is 0. The van der Waals surface area contributed by atoms with Crippen LogP contribution in [0.25, 0.3) is 11.2 Å². The molecule has 0 saturated heterocycles. The van der Waals surface area contributed by atoms with Crippen LogP contribution in [0.15, 0.2) is 15.4 Å². The van der Waals surface area contributed by atoms with Crippen molar-refractivity contribution < 1.29 is 4.42 Å². The van der Waals surface area contributed by atoms with E-state index in [1.807, 2.05) is 20.8 Å². The lowest BCUT2D eigenvalue weighted by molar-refractivity contribution is 0.477. The third kappa shape index (κ3) is 1.54. The molecule has 2 aromatic rings. The van der Waals surface area contributed by atoms with E-state index < -0.39 is 0 Å². The summed E-state index contributed by atoms with van der Waals surface area (Å²) in [4.78, 5) is 19.9. The zero-order valence-corrected chi connectivity index (χ0v) is 9.02. The molecule has 0 saturated carbocycles. The number of rotatable bonds is 2. The maximum Gasteiger partial charge on any atom is 0.421 e. The third-order valence-corrected chi connectivity index (χ3v) is 2.24. The molecule has 0 amide bonds. The van der Waals surface area contributed by atoms with Gasteiger partial charge < -0.3 is 4.42 Å². The zero-order valence-electron chi connectivity index (χ0n) is 9.02. The summed E-state index contributed by atoms with van der Waals surface area (Å²) in [6, 6.07) is 0.0401. The van der Waals surface area contributed by atoms with Gasteiger partial charge in [0.05, 0.1) is 6.20 Å². The van der Waals surface area contributed by atoms with Gasteiger partial charge in [0.1, 0.15) is 5.82 Å². The molecule has 0 atom stereocenters. The van der Waals surface area contributed by atoms with E-state index in [4.69, 9.17) is 4.42 Å². The SMILES string of the molecule is CCc1ncc2oc(=O)n(C(C)C)c2n1. The van der Waals surface area contributed by atoms with Crippen molar-refractivity contribution in [2.75, 3.05) is 0 Å². The fourth-order valence-corrected chi connectivity index (χ4v) is 1.50. The Kier molecular flexibility index (Phi) is 2.30. The topological polar surface area (TPSA) is 60.9 Å². The lowest BCUT2D eigenvalue weighted by Crippen LogP contribution is -2.16. The van der Waals surface area contributed by atoms with Gasteiger partial charge in [-0.2, -0.15) is 0 Å². The monoisotopic (exact) mass is 207 g/mol. The number of fused-ring (bicyclic) bond motifs is 1. The molecule has 0 aliphatic carbocycles. The van der Waals surface area contributed by atoms with Crippen LogP contribution in [0.5, 0.6) is 0 Å². The van der Waals surface area contributed by atoms with E-state index in [0.29, 0.717) is 11.2 Å². The predicted molar refractivity (Wildman–Crippen MR) is 55.8 cm³/mol. The standard InChI is InChI=1S/C10H13N3O2/c1-4-8-11-5-7-9(12-8)13(6(2)3)10(14)15-7/h5-6H,4H2,1-3H3. The molecular formula is C10H13N3O2. The van der Waals surface area contributed by atoms with Gasteiger partial charge in [-0.1, -0.05) is 6.92 Å². The average molecular weight is 207 g/mol. The fraction of sp³-hybridized carbons (Fsp3) is 0.500. The van der Waals surface area contributed by atoms with Gasteiger partial charge in [0, 0.05) is 12.5 Å². The molecular weight excluding hydrogens is 194 g/mol. The molecule has 0 bridgehead atoms. The Morgan fingerprint density at radius 1 is 1.53 bits per heavy atom. The van der Waals surface area contributed by atoms with E-state index in [9.17, 15) is 4.79 Å². The highest BCUT2D eigenvalue weighted by atomic mass is 16.4. The summed E-state index contributed by atoms with van der Waals surface area (Å²) < 4.78 is 6.58. The fourth-order valence-electron chi connectivity index (χ4n) is 1.50. The molecule has 0 unspecified atom stereocenters.